The van der Waals surface area contributed by atoms with Crippen LogP contribution < -0.4 is 5.32 Å². The molecule has 2 aromatic carbocycles. The number of benzene rings is 2. The van der Waals surface area contributed by atoms with Crippen LogP contribution in [0.3, 0.4) is 0 Å². The van der Waals surface area contributed by atoms with Gasteiger partial charge in [0, 0.05) is 11.8 Å². The maximum absolute atomic E-state index is 13.1. The van der Waals surface area contributed by atoms with E-state index in [2.05, 4.69) is 10.1 Å². The van der Waals surface area contributed by atoms with Gasteiger partial charge in [-0.25, -0.2) is 4.79 Å². The number of amides is 3. The van der Waals surface area contributed by atoms with Gasteiger partial charge in [-0.2, -0.15) is 0 Å². The number of imide groups is 1. The zero-order valence-electron chi connectivity index (χ0n) is 17.5. The first-order valence-electron chi connectivity index (χ1n) is 9.94. The van der Waals surface area contributed by atoms with Crippen molar-refractivity contribution in [3.8, 4) is 0 Å². The molecule has 0 saturated carbocycles. The third-order valence-electron chi connectivity index (χ3n) is 5.14. The SMILES string of the molecule is CCCCC(C(=O)Nc1ccc(C(=O)OC)cc1)N1C(=O)c2cccc([N+](=O)[O-])c2C1=O. The van der Waals surface area contributed by atoms with Gasteiger partial charge in [-0.15, -0.1) is 0 Å². The molecule has 0 spiro atoms. The standard InChI is InChI=1S/C22H21N3O7/c1-3-4-7-17(19(26)23-14-11-9-13(10-12-14)22(29)32-2)24-20(27)15-6-5-8-16(25(30)31)18(15)21(24)28/h5-6,8-12,17H,3-4,7H2,1-2H3,(H,23,26). The predicted molar refractivity (Wildman–Crippen MR) is 113 cm³/mol. The number of esters is 1. The van der Waals surface area contributed by atoms with Gasteiger partial charge in [-0.3, -0.25) is 29.4 Å². The molecule has 0 saturated heterocycles. The fourth-order valence-electron chi connectivity index (χ4n) is 3.53. The summed E-state index contributed by atoms with van der Waals surface area (Å²) < 4.78 is 4.63. The first-order valence-corrected chi connectivity index (χ1v) is 9.94. The molecule has 0 aromatic heterocycles. The minimum absolute atomic E-state index is 0.0964. The molecule has 0 radical (unpaired) electrons. The Kier molecular flexibility index (Phi) is 6.62. The molecule has 10 nitrogen and oxygen atoms in total. The van der Waals surface area contributed by atoms with E-state index >= 15 is 0 Å². The number of hydrogen-bond donors (Lipinski definition) is 1. The number of rotatable bonds is 8. The van der Waals surface area contributed by atoms with Gasteiger partial charge in [0.2, 0.25) is 5.91 Å². The second-order valence-corrected chi connectivity index (χ2v) is 7.15. The van der Waals surface area contributed by atoms with Crippen molar-refractivity contribution in [1.29, 1.82) is 0 Å². The van der Waals surface area contributed by atoms with Crippen molar-refractivity contribution < 1.29 is 28.8 Å². The van der Waals surface area contributed by atoms with E-state index in [4.69, 9.17) is 0 Å². The summed E-state index contributed by atoms with van der Waals surface area (Å²) in [5, 5.41) is 14.0. The summed E-state index contributed by atoms with van der Waals surface area (Å²) in [6.07, 6.45) is 1.46. The van der Waals surface area contributed by atoms with Crippen LogP contribution in [0.1, 0.15) is 57.3 Å². The molecule has 0 aliphatic carbocycles. The average molecular weight is 439 g/mol. The van der Waals surface area contributed by atoms with Crippen LogP contribution in [0.2, 0.25) is 0 Å². The molecule has 1 unspecified atom stereocenters. The molecule has 2 aromatic rings. The van der Waals surface area contributed by atoms with Crippen molar-refractivity contribution in [2.75, 3.05) is 12.4 Å². The Bertz CT molecular complexity index is 1100. The van der Waals surface area contributed by atoms with E-state index < -0.39 is 40.3 Å². The molecule has 32 heavy (non-hydrogen) atoms. The van der Waals surface area contributed by atoms with Crippen LogP contribution in [-0.4, -0.2) is 46.7 Å². The van der Waals surface area contributed by atoms with Gasteiger partial charge >= 0.3 is 5.97 Å². The van der Waals surface area contributed by atoms with Crippen LogP contribution in [0.4, 0.5) is 11.4 Å². The van der Waals surface area contributed by atoms with Gasteiger partial charge in [0.25, 0.3) is 17.5 Å². The minimum Gasteiger partial charge on any atom is -0.465 e. The Morgan fingerprint density at radius 2 is 1.81 bits per heavy atom. The van der Waals surface area contributed by atoms with Crippen LogP contribution in [0.5, 0.6) is 0 Å². The van der Waals surface area contributed by atoms with E-state index in [1.807, 2.05) is 6.92 Å². The Labute approximate surface area is 183 Å². The average Bonchev–Trinajstić information content (AvgIpc) is 3.04. The number of unbranched alkanes of at least 4 members (excludes halogenated alkanes) is 1. The molecule has 3 amide bonds. The lowest BCUT2D eigenvalue weighted by molar-refractivity contribution is -0.385. The molecule has 10 heteroatoms. The van der Waals surface area contributed by atoms with E-state index in [-0.39, 0.29) is 17.5 Å². The summed E-state index contributed by atoms with van der Waals surface area (Å²) in [6.45, 7) is 1.90. The van der Waals surface area contributed by atoms with Crippen molar-refractivity contribution in [2.24, 2.45) is 0 Å². The van der Waals surface area contributed by atoms with Gasteiger partial charge in [-0.1, -0.05) is 25.8 Å². The van der Waals surface area contributed by atoms with E-state index in [1.165, 1.54) is 43.5 Å². The van der Waals surface area contributed by atoms with E-state index in [1.54, 1.807) is 0 Å². The van der Waals surface area contributed by atoms with Gasteiger partial charge in [0.05, 0.1) is 23.2 Å². The highest BCUT2D eigenvalue weighted by molar-refractivity contribution is 6.25. The van der Waals surface area contributed by atoms with Crippen LogP contribution >= 0.6 is 0 Å². The van der Waals surface area contributed by atoms with Crippen LogP contribution in [0.15, 0.2) is 42.5 Å². The topological polar surface area (TPSA) is 136 Å². The summed E-state index contributed by atoms with van der Waals surface area (Å²) in [5.74, 6) is -2.75. The summed E-state index contributed by atoms with van der Waals surface area (Å²) in [6, 6.07) is 8.59. The Hall–Kier alpha value is -4.08. The van der Waals surface area contributed by atoms with Gasteiger partial charge in [0.1, 0.15) is 11.6 Å². The van der Waals surface area contributed by atoms with Crippen molar-refractivity contribution in [2.45, 2.75) is 32.2 Å². The van der Waals surface area contributed by atoms with Crippen molar-refractivity contribution >= 4 is 35.1 Å². The Morgan fingerprint density at radius 1 is 1.12 bits per heavy atom. The second-order valence-electron chi connectivity index (χ2n) is 7.15. The molecule has 1 aliphatic rings. The molecule has 1 heterocycles. The zero-order chi connectivity index (χ0) is 23.4. The molecule has 1 aliphatic heterocycles. The van der Waals surface area contributed by atoms with Crippen molar-refractivity contribution in [3.05, 3.63) is 69.3 Å². The van der Waals surface area contributed by atoms with Crippen LogP contribution in [0, 0.1) is 10.1 Å². The van der Waals surface area contributed by atoms with Crippen LogP contribution in [0.25, 0.3) is 0 Å². The molecule has 3 rings (SSSR count). The minimum atomic E-state index is -1.15. The molecule has 1 atom stereocenters. The van der Waals surface area contributed by atoms with Gasteiger partial charge < -0.3 is 10.1 Å². The Balaban J connectivity index is 1.89. The number of nitrogens with zero attached hydrogens (tertiary/aromatic N) is 2. The number of nitro groups is 1. The van der Waals surface area contributed by atoms with E-state index in [0.717, 1.165) is 11.0 Å². The molecular weight excluding hydrogens is 418 g/mol. The monoisotopic (exact) mass is 439 g/mol. The largest absolute Gasteiger partial charge is 0.465 e. The lowest BCUT2D eigenvalue weighted by Gasteiger charge is -2.25. The molecule has 1 N–H and O–H groups in total. The van der Waals surface area contributed by atoms with Crippen LogP contribution in [-0.2, 0) is 9.53 Å². The number of carbonyl (C=O) groups excluding carboxylic acids is 4. The normalized spacial score (nSPS) is 13.5. The highest BCUT2D eigenvalue weighted by Gasteiger charge is 2.46. The maximum Gasteiger partial charge on any atom is 0.337 e. The highest BCUT2D eigenvalue weighted by Crippen LogP contribution is 2.33. The number of anilines is 1. The lowest BCUT2D eigenvalue weighted by atomic mass is 10.1. The van der Waals surface area contributed by atoms with Gasteiger partial charge in [-0.05, 0) is 36.8 Å². The Morgan fingerprint density at radius 3 is 2.41 bits per heavy atom. The number of fused-ring (bicyclic) bond motifs is 1. The lowest BCUT2D eigenvalue weighted by Crippen LogP contribution is -2.47. The number of carbonyl (C=O) groups is 4. The molecule has 166 valence electrons. The first kappa shape index (κ1) is 22.6. The first-order chi connectivity index (χ1) is 15.3. The summed E-state index contributed by atoms with van der Waals surface area (Å²) in [4.78, 5) is 62.0. The van der Waals surface area contributed by atoms with Crippen molar-refractivity contribution in [3.63, 3.8) is 0 Å². The van der Waals surface area contributed by atoms with Crippen molar-refractivity contribution in [1.82, 2.24) is 4.90 Å². The molecule has 0 fully saturated rings. The third kappa shape index (κ3) is 4.20. The summed E-state index contributed by atoms with van der Waals surface area (Å²) in [5.41, 5.74) is -0.232. The predicted octanol–water partition coefficient (Wildman–Crippen LogP) is 3.17. The maximum atomic E-state index is 13.1. The summed E-state index contributed by atoms with van der Waals surface area (Å²) in [7, 11) is 1.25. The number of methoxy groups -OCH3 is 1. The fraction of sp³-hybridized carbons (Fsp3) is 0.273. The second kappa shape index (κ2) is 9.38. The number of hydrogen-bond acceptors (Lipinski definition) is 7. The quantitative estimate of drug-likeness (QED) is 0.289. The van der Waals surface area contributed by atoms with E-state index in [0.29, 0.717) is 24.1 Å². The van der Waals surface area contributed by atoms with E-state index in [9.17, 15) is 29.3 Å². The summed E-state index contributed by atoms with van der Waals surface area (Å²) >= 11 is 0. The number of ether oxygens (including phenoxy) is 1. The fourth-order valence-corrected chi connectivity index (χ4v) is 3.53. The smallest absolute Gasteiger partial charge is 0.337 e. The number of nitrogens with one attached hydrogen (secondary N) is 1. The number of nitro benzene ring substituents is 1. The molecule has 0 bridgehead atoms. The van der Waals surface area contributed by atoms with Gasteiger partial charge in [0.15, 0.2) is 0 Å². The zero-order valence-corrected chi connectivity index (χ0v) is 17.5. The molecular formula is C22H21N3O7. The third-order valence-corrected chi connectivity index (χ3v) is 5.14. The highest BCUT2D eigenvalue weighted by atomic mass is 16.6.